The Morgan fingerprint density at radius 2 is 2.19 bits per heavy atom. The van der Waals surface area contributed by atoms with E-state index in [2.05, 4.69) is 5.10 Å². The lowest BCUT2D eigenvalue weighted by Gasteiger charge is -2.11. The van der Waals surface area contributed by atoms with Gasteiger partial charge in [0.05, 0.1) is 18.9 Å². The molecule has 0 aliphatic carbocycles. The largest absolute Gasteiger partial charge is 0.488 e. The number of carboxylic acid groups (broad SMARTS) is 1. The summed E-state index contributed by atoms with van der Waals surface area (Å²) < 4.78 is 12.4. The Balaban J connectivity index is 1.77. The molecule has 1 aliphatic rings. The van der Waals surface area contributed by atoms with Gasteiger partial charge in [0.1, 0.15) is 17.5 Å². The number of aryl methyl sites for hydroxylation is 1. The SMILES string of the molecule is Cn1nc(-c2ccc(OC3CCOC3)cc2)cc1C(=O)O. The molecule has 0 spiro atoms. The Bertz CT molecular complexity index is 642. The zero-order valence-electron chi connectivity index (χ0n) is 11.7. The van der Waals surface area contributed by atoms with Gasteiger partial charge >= 0.3 is 5.97 Å². The zero-order valence-corrected chi connectivity index (χ0v) is 11.7. The fraction of sp³-hybridized carbons (Fsp3) is 0.333. The van der Waals surface area contributed by atoms with Crippen LogP contribution in [0.15, 0.2) is 30.3 Å². The number of hydrogen-bond acceptors (Lipinski definition) is 4. The summed E-state index contributed by atoms with van der Waals surface area (Å²) in [6, 6.07) is 9.03. The standard InChI is InChI=1S/C15H16N2O4/c1-17-14(15(18)19)8-13(16-17)10-2-4-11(5-3-10)21-12-6-7-20-9-12/h2-5,8,12H,6-7,9H2,1H3,(H,18,19). The van der Waals surface area contributed by atoms with Gasteiger partial charge in [-0.2, -0.15) is 5.10 Å². The molecule has 2 heterocycles. The van der Waals surface area contributed by atoms with Gasteiger partial charge in [0.2, 0.25) is 0 Å². The van der Waals surface area contributed by atoms with Crippen LogP contribution in [0.3, 0.4) is 0 Å². The molecule has 6 heteroatoms. The number of aromatic nitrogens is 2. The summed E-state index contributed by atoms with van der Waals surface area (Å²) >= 11 is 0. The minimum absolute atomic E-state index is 0.115. The fourth-order valence-electron chi connectivity index (χ4n) is 2.31. The van der Waals surface area contributed by atoms with Crippen LogP contribution in [0.2, 0.25) is 0 Å². The number of hydrogen-bond donors (Lipinski definition) is 1. The molecule has 3 rings (SSSR count). The van der Waals surface area contributed by atoms with Crippen LogP contribution < -0.4 is 4.74 Å². The fourth-order valence-corrected chi connectivity index (χ4v) is 2.31. The molecule has 1 atom stereocenters. The van der Waals surface area contributed by atoms with Crippen molar-refractivity contribution in [3.8, 4) is 17.0 Å². The van der Waals surface area contributed by atoms with Crippen molar-refractivity contribution in [1.82, 2.24) is 9.78 Å². The molecule has 1 aliphatic heterocycles. The summed E-state index contributed by atoms with van der Waals surface area (Å²) in [6.45, 7) is 1.37. The number of carboxylic acids is 1. The molecule has 1 fully saturated rings. The third-order valence-electron chi connectivity index (χ3n) is 3.44. The molecule has 0 amide bonds. The van der Waals surface area contributed by atoms with Crippen LogP contribution >= 0.6 is 0 Å². The highest BCUT2D eigenvalue weighted by atomic mass is 16.5. The van der Waals surface area contributed by atoms with Gasteiger partial charge in [-0.15, -0.1) is 0 Å². The minimum Gasteiger partial charge on any atom is -0.488 e. The highest BCUT2D eigenvalue weighted by molar-refractivity contribution is 5.87. The van der Waals surface area contributed by atoms with Crippen molar-refractivity contribution in [2.24, 2.45) is 7.05 Å². The molecule has 0 saturated carbocycles. The first kappa shape index (κ1) is 13.6. The quantitative estimate of drug-likeness (QED) is 0.931. The molecule has 1 aromatic heterocycles. The van der Waals surface area contributed by atoms with Crippen molar-refractivity contribution < 1.29 is 19.4 Å². The predicted octanol–water partition coefficient (Wildman–Crippen LogP) is 1.95. The maximum Gasteiger partial charge on any atom is 0.354 e. The molecule has 1 N–H and O–H groups in total. The van der Waals surface area contributed by atoms with E-state index in [1.807, 2.05) is 24.3 Å². The summed E-state index contributed by atoms with van der Waals surface area (Å²) in [6.07, 6.45) is 1.02. The maximum absolute atomic E-state index is 11.0. The van der Waals surface area contributed by atoms with Gasteiger partial charge in [-0.1, -0.05) is 0 Å². The van der Waals surface area contributed by atoms with Crippen LogP contribution in [0.4, 0.5) is 0 Å². The average molecular weight is 288 g/mol. The molecule has 2 aromatic rings. The normalized spacial score (nSPS) is 17.9. The average Bonchev–Trinajstić information content (AvgIpc) is 3.09. The lowest BCUT2D eigenvalue weighted by molar-refractivity contribution is 0.0685. The molecule has 0 radical (unpaired) electrons. The molecule has 1 aromatic carbocycles. The van der Waals surface area contributed by atoms with Crippen LogP contribution in [0.25, 0.3) is 11.3 Å². The summed E-state index contributed by atoms with van der Waals surface area (Å²) in [5.74, 6) is -0.207. The van der Waals surface area contributed by atoms with E-state index in [0.717, 1.165) is 24.3 Å². The Labute approximate surface area is 121 Å². The second-order valence-electron chi connectivity index (χ2n) is 4.97. The molecule has 110 valence electrons. The maximum atomic E-state index is 11.0. The van der Waals surface area contributed by atoms with Gasteiger partial charge < -0.3 is 14.6 Å². The van der Waals surface area contributed by atoms with Gasteiger partial charge in [-0.05, 0) is 30.3 Å². The molecule has 21 heavy (non-hydrogen) atoms. The van der Waals surface area contributed by atoms with Crippen molar-refractivity contribution in [2.75, 3.05) is 13.2 Å². The zero-order chi connectivity index (χ0) is 14.8. The van der Waals surface area contributed by atoms with Crippen LogP contribution in [0.1, 0.15) is 16.9 Å². The molecule has 6 nitrogen and oxygen atoms in total. The number of ether oxygens (including phenoxy) is 2. The Hall–Kier alpha value is -2.34. The van der Waals surface area contributed by atoms with Crippen molar-refractivity contribution in [1.29, 1.82) is 0 Å². The predicted molar refractivity (Wildman–Crippen MR) is 75.5 cm³/mol. The van der Waals surface area contributed by atoms with E-state index in [4.69, 9.17) is 14.6 Å². The Morgan fingerprint density at radius 3 is 2.76 bits per heavy atom. The lowest BCUT2D eigenvalue weighted by atomic mass is 10.1. The number of aromatic carboxylic acids is 1. The minimum atomic E-state index is -0.988. The van der Waals surface area contributed by atoms with E-state index in [0.29, 0.717) is 12.3 Å². The van der Waals surface area contributed by atoms with E-state index in [9.17, 15) is 4.79 Å². The van der Waals surface area contributed by atoms with Crippen molar-refractivity contribution in [3.63, 3.8) is 0 Å². The first-order chi connectivity index (χ1) is 10.1. The summed E-state index contributed by atoms with van der Waals surface area (Å²) in [5, 5.41) is 13.2. The molecule has 1 saturated heterocycles. The van der Waals surface area contributed by atoms with Gasteiger partial charge in [0.25, 0.3) is 0 Å². The van der Waals surface area contributed by atoms with E-state index in [1.165, 1.54) is 4.68 Å². The van der Waals surface area contributed by atoms with Crippen LogP contribution in [-0.2, 0) is 11.8 Å². The highest BCUT2D eigenvalue weighted by Gasteiger charge is 2.17. The van der Waals surface area contributed by atoms with Crippen molar-refractivity contribution in [2.45, 2.75) is 12.5 Å². The molecular weight excluding hydrogens is 272 g/mol. The number of rotatable bonds is 4. The van der Waals surface area contributed by atoms with E-state index in [-0.39, 0.29) is 11.8 Å². The van der Waals surface area contributed by atoms with E-state index in [1.54, 1.807) is 13.1 Å². The van der Waals surface area contributed by atoms with Gasteiger partial charge in [-0.25, -0.2) is 4.79 Å². The summed E-state index contributed by atoms with van der Waals surface area (Å²) in [5.41, 5.74) is 1.65. The highest BCUT2D eigenvalue weighted by Crippen LogP contribution is 2.23. The van der Waals surface area contributed by atoms with Crippen LogP contribution in [0.5, 0.6) is 5.75 Å². The van der Waals surface area contributed by atoms with Gasteiger partial charge in [0, 0.05) is 19.0 Å². The number of carbonyl (C=O) groups is 1. The smallest absolute Gasteiger partial charge is 0.354 e. The van der Waals surface area contributed by atoms with Gasteiger partial charge in [-0.3, -0.25) is 4.68 Å². The third-order valence-corrected chi connectivity index (χ3v) is 3.44. The van der Waals surface area contributed by atoms with Crippen LogP contribution in [-0.4, -0.2) is 40.2 Å². The first-order valence-corrected chi connectivity index (χ1v) is 6.75. The topological polar surface area (TPSA) is 73.6 Å². The van der Waals surface area contributed by atoms with Crippen molar-refractivity contribution >= 4 is 5.97 Å². The molecule has 1 unspecified atom stereocenters. The van der Waals surface area contributed by atoms with Crippen molar-refractivity contribution in [3.05, 3.63) is 36.0 Å². The first-order valence-electron chi connectivity index (χ1n) is 6.75. The Morgan fingerprint density at radius 1 is 1.43 bits per heavy atom. The monoisotopic (exact) mass is 288 g/mol. The summed E-state index contributed by atoms with van der Waals surface area (Å²) in [4.78, 5) is 11.0. The third kappa shape index (κ3) is 2.90. The van der Waals surface area contributed by atoms with Gasteiger partial charge in [0.15, 0.2) is 0 Å². The van der Waals surface area contributed by atoms with E-state index < -0.39 is 5.97 Å². The Kier molecular flexibility index (Phi) is 3.62. The molecule has 0 bridgehead atoms. The van der Waals surface area contributed by atoms with E-state index >= 15 is 0 Å². The van der Waals surface area contributed by atoms with Crippen LogP contribution in [0, 0.1) is 0 Å². The number of nitrogens with zero attached hydrogens (tertiary/aromatic N) is 2. The summed E-state index contributed by atoms with van der Waals surface area (Å²) in [7, 11) is 1.62. The molecular formula is C15H16N2O4. The number of benzene rings is 1. The lowest BCUT2D eigenvalue weighted by Crippen LogP contribution is -2.15. The second-order valence-corrected chi connectivity index (χ2v) is 4.97. The second kappa shape index (κ2) is 5.57.